The molecule has 0 unspecified atom stereocenters. The molecule has 8 nitrogen and oxygen atoms in total. The summed E-state index contributed by atoms with van der Waals surface area (Å²) in [7, 11) is 0. The van der Waals surface area contributed by atoms with Crippen LogP contribution in [0.15, 0.2) is 23.3 Å². The first-order valence-electron chi connectivity index (χ1n) is 16.7. The third kappa shape index (κ3) is 5.67. The molecular formula is C36H56O8. The van der Waals surface area contributed by atoms with Crippen LogP contribution in [0.25, 0.3) is 0 Å². The summed E-state index contributed by atoms with van der Waals surface area (Å²) in [5.41, 5.74) is 2.87. The molecule has 0 aromatic carbocycles. The first-order chi connectivity index (χ1) is 20.3. The van der Waals surface area contributed by atoms with E-state index in [2.05, 4.69) is 48.1 Å². The smallest absolute Gasteiger partial charge is 0.310 e. The second-order valence-electron chi connectivity index (χ2n) is 16.0. The van der Waals surface area contributed by atoms with Crippen LogP contribution in [0.2, 0.25) is 0 Å². The largest absolute Gasteiger partial charge is 0.481 e. The molecule has 0 bridgehead atoms. The quantitative estimate of drug-likeness (QED) is 0.152. The monoisotopic (exact) mass is 616 g/mol. The topological polar surface area (TPSA) is 141 Å². The summed E-state index contributed by atoms with van der Waals surface area (Å²) in [5, 5.41) is 40.4. The lowest BCUT2D eigenvalue weighted by Gasteiger charge is -2.63. The molecule has 4 N–H and O–H groups in total. The molecule has 0 aromatic rings. The first kappa shape index (κ1) is 34.7. The molecule has 10 atom stereocenters. The third-order valence-corrected chi connectivity index (χ3v) is 13.5. The molecule has 248 valence electrons. The molecule has 0 aromatic heterocycles. The highest BCUT2D eigenvalue weighted by Crippen LogP contribution is 2.72. The van der Waals surface area contributed by atoms with Crippen molar-refractivity contribution in [3.8, 4) is 0 Å². The molecular weight excluding hydrogens is 560 g/mol. The van der Waals surface area contributed by atoms with Gasteiger partial charge in [-0.2, -0.15) is 0 Å². The van der Waals surface area contributed by atoms with E-state index in [0.29, 0.717) is 31.1 Å². The zero-order chi connectivity index (χ0) is 33.0. The molecule has 8 heteroatoms. The van der Waals surface area contributed by atoms with Crippen LogP contribution in [0.4, 0.5) is 0 Å². The second kappa shape index (κ2) is 12.2. The van der Waals surface area contributed by atoms with Gasteiger partial charge in [-0.15, -0.1) is 0 Å². The maximum Gasteiger partial charge on any atom is 0.310 e. The summed E-state index contributed by atoms with van der Waals surface area (Å²) >= 11 is 0. The Morgan fingerprint density at radius 2 is 1.64 bits per heavy atom. The number of carboxylic acids is 2. The fourth-order valence-electron chi connectivity index (χ4n) is 10.5. The van der Waals surface area contributed by atoms with E-state index in [4.69, 9.17) is 9.84 Å². The normalized spacial score (nSPS) is 38.0. The lowest BCUT2D eigenvalue weighted by molar-refractivity contribution is -0.173. The SMILES string of the molecule is C=C(CC[C@@H](C)[C@H]1CC[C@@]2(C)C3=C(C[C@H](O)[C@]12C)[C@@]1(C)CC[C@@H](OC(=O)C[C@@H](O)CC(=O)O)C(C)(C)[C@@H]1CC3)[C@H](C)C(=O)O. The maximum absolute atomic E-state index is 12.7. The summed E-state index contributed by atoms with van der Waals surface area (Å²) in [6, 6.07) is 0. The number of aliphatic hydroxyl groups excluding tert-OH is 2. The van der Waals surface area contributed by atoms with Crippen LogP contribution in [0.5, 0.6) is 0 Å². The molecule has 2 saturated carbocycles. The van der Waals surface area contributed by atoms with Crippen molar-refractivity contribution in [2.24, 2.45) is 45.3 Å². The van der Waals surface area contributed by atoms with Crippen molar-refractivity contribution in [2.45, 2.75) is 137 Å². The van der Waals surface area contributed by atoms with E-state index in [0.717, 1.165) is 44.1 Å². The Balaban J connectivity index is 1.54. The van der Waals surface area contributed by atoms with Gasteiger partial charge in [-0.05, 0) is 93.3 Å². The first-order valence-corrected chi connectivity index (χ1v) is 16.7. The van der Waals surface area contributed by atoms with Crippen molar-refractivity contribution in [2.75, 3.05) is 0 Å². The Morgan fingerprint density at radius 1 is 0.977 bits per heavy atom. The number of hydrogen-bond donors (Lipinski definition) is 4. The van der Waals surface area contributed by atoms with Gasteiger partial charge in [-0.1, -0.05) is 64.8 Å². The summed E-state index contributed by atoms with van der Waals surface area (Å²) in [4.78, 5) is 35.1. The summed E-state index contributed by atoms with van der Waals surface area (Å²) < 4.78 is 5.93. The number of esters is 1. The van der Waals surface area contributed by atoms with Crippen LogP contribution in [-0.4, -0.2) is 56.6 Å². The van der Waals surface area contributed by atoms with E-state index in [-0.39, 0.29) is 40.1 Å². The van der Waals surface area contributed by atoms with Crippen molar-refractivity contribution in [3.05, 3.63) is 23.3 Å². The van der Waals surface area contributed by atoms with E-state index >= 15 is 0 Å². The lowest BCUT2D eigenvalue weighted by Crippen LogP contribution is -2.58. The number of aliphatic carboxylic acids is 2. The summed E-state index contributed by atoms with van der Waals surface area (Å²) in [6.45, 7) is 19.4. The van der Waals surface area contributed by atoms with Crippen LogP contribution >= 0.6 is 0 Å². The average Bonchev–Trinajstić information content (AvgIpc) is 3.21. The number of aliphatic hydroxyl groups is 2. The minimum absolute atomic E-state index is 0.119. The van der Waals surface area contributed by atoms with Gasteiger partial charge in [0.1, 0.15) is 6.10 Å². The predicted octanol–water partition coefficient (Wildman–Crippen LogP) is 6.54. The minimum atomic E-state index is -1.26. The number of hydrogen-bond acceptors (Lipinski definition) is 6. The highest BCUT2D eigenvalue weighted by Gasteiger charge is 2.66. The third-order valence-electron chi connectivity index (χ3n) is 13.5. The molecule has 4 rings (SSSR count). The maximum atomic E-state index is 12.7. The molecule has 4 aliphatic carbocycles. The highest BCUT2D eigenvalue weighted by molar-refractivity contribution is 5.73. The molecule has 0 radical (unpaired) electrons. The van der Waals surface area contributed by atoms with E-state index in [1.807, 2.05) is 0 Å². The number of carbonyl (C=O) groups is 3. The number of carboxylic acid groups (broad SMARTS) is 2. The van der Waals surface area contributed by atoms with Crippen LogP contribution < -0.4 is 0 Å². The van der Waals surface area contributed by atoms with Crippen molar-refractivity contribution in [3.63, 3.8) is 0 Å². The molecule has 0 saturated heterocycles. The molecule has 0 heterocycles. The van der Waals surface area contributed by atoms with Gasteiger partial charge in [0.25, 0.3) is 0 Å². The fourth-order valence-corrected chi connectivity index (χ4v) is 10.5. The highest BCUT2D eigenvalue weighted by atomic mass is 16.5. The van der Waals surface area contributed by atoms with E-state index in [9.17, 15) is 29.7 Å². The molecule has 0 aliphatic heterocycles. The Kier molecular flexibility index (Phi) is 9.62. The Morgan fingerprint density at radius 3 is 2.25 bits per heavy atom. The molecule has 44 heavy (non-hydrogen) atoms. The van der Waals surface area contributed by atoms with Gasteiger partial charge < -0.3 is 25.2 Å². The van der Waals surface area contributed by atoms with Crippen molar-refractivity contribution in [1.29, 1.82) is 0 Å². The number of rotatable bonds is 11. The van der Waals surface area contributed by atoms with Crippen LogP contribution in [-0.2, 0) is 19.1 Å². The van der Waals surface area contributed by atoms with Crippen LogP contribution in [0, 0.1) is 45.3 Å². The van der Waals surface area contributed by atoms with Gasteiger partial charge in [-0.25, -0.2) is 0 Å². The molecule has 0 amide bonds. The van der Waals surface area contributed by atoms with Gasteiger partial charge in [0.15, 0.2) is 0 Å². The number of allylic oxidation sites excluding steroid dienone is 1. The number of ether oxygens (including phenoxy) is 1. The molecule has 0 spiro atoms. The van der Waals surface area contributed by atoms with Gasteiger partial charge in [0.2, 0.25) is 0 Å². The molecule has 4 aliphatic rings. The number of fused-ring (bicyclic) bond motifs is 4. The predicted molar refractivity (Wildman–Crippen MR) is 168 cm³/mol. The summed E-state index contributed by atoms with van der Waals surface area (Å²) in [6.07, 6.45) is 4.87. The van der Waals surface area contributed by atoms with Crippen LogP contribution in [0.1, 0.15) is 119 Å². The second-order valence-corrected chi connectivity index (χ2v) is 16.0. The van der Waals surface area contributed by atoms with Crippen LogP contribution in [0.3, 0.4) is 0 Å². The zero-order valence-electron chi connectivity index (χ0n) is 27.9. The summed E-state index contributed by atoms with van der Waals surface area (Å²) in [5.74, 6) is -2.17. The standard InChI is InChI=1S/C36H56O8/c1-20(22(3)32(42)43)9-10-21(2)24-13-16-35(7)25-11-12-27-33(4,5)29(44-31(41)18-23(37)17-30(39)40)14-15-34(27,6)26(25)19-28(38)36(24,35)8/h21-24,27-29,37-38H,1,9-19H2,2-8H3,(H,39,40)(H,42,43)/t21-,22+,23+,24-,27+,28+,29-,34-,35+,36+/m1/s1. The minimum Gasteiger partial charge on any atom is -0.481 e. The Hall–Kier alpha value is -2.19. The van der Waals surface area contributed by atoms with E-state index in [1.165, 1.54) is 11.1 Å². The van der Waals surface area contributed by atoms with E-state index in [1.54, 1.807) is 6.92 Å². The Labute approximate surface area is 263 Å². The number of carbonyl (C=O) groups excluding carboxylic acids is 1. The van der Waals surface area contributed by atoms with Gasteiger partial charge in [0.05, 0.1) is 31.0 Å². The van der Waals surface area contributed by atoms with Crippen molar-refractivity contribution < 1.29 is 39.5 Å². The lowest BCUT2D eigenvalue weighted by atomic mass is 9.42. The zero-order valence-corrected chi connectivity index (χ0v) is 27.9. The van der Waals surface area contributed by atoms with Crippen molar-refractivity contribution in [1.82, 2.24) is 0 Å². The average molecular weight is 617 g/mol. The van der Waals surface area contributed by atoms with Gasteiger partial charge in [0, 0.05) is 10.8 Å². The van der Waals surface area contributed by atoms with Crippen molar-refractivity contribution >= 4 is 17.9 Å². The van der Waals surface area contributed by atoms with Gasteiger partial charge in [-0.3, -0.25) is 14.4 Å². The Bertz CT molecular complexity index is 1200. The van der Waals surface area contributed by atoms with E-state index < -0.39 is 42.5 Å². The molecule has 2 fully saturated rings. The fraction of sp³-hybridized carbons (Fsp3) is 0.806. The van der Waals surface area contributed by atoms with Gasteiger partial charge >= 0.3 is 17.9 Å².